The molecular formula is C36H32N4O10. The Kier molecular flexibility index (Phi) is 10.4. The third-order valence-electron chi connectivity index (χ3n) is 7.46. The molecule has 6 aromatic rings. The lowest BCUT2D eigenvalue weighted by molar-refractivity contribution is 0.0682. The van der Waals surface area contributed by atoms with Crippen molar-refractivity contribution >= 4 is 33.7 Å². The van der Waals surface area contributed by atoms with Gasteiger partial charge in [-0.1, -0.05) is 36.4 Å². The van der Waals surface area contributed by atoms with Gasteiger partial charge < -0.3 is 38.6 Å². The zero-order valence-electron chi connectivity index (χ0n) is 27.9. The van der Waals surface area contributed by atoms with Crippen molar-refractivity contribution < 1.29 is 48.2 Å². The second kappa shape index (κ2) is 15.0. The molecule has 0 radical (unpaired) electrons. The van der Waals surface area contributed by atoms with E-state index in [1.54, 1.807) is 72.8 Å². The van der Waals surface area contributed by atoms with Crippen LogP contribution in [0.1, 0.15) is 21.0 Å². The first kappa shape index (κ1) is 34.6. The number of hydrogen-bond donors (Lipinski definition) is 2. The molecule has 256 valence electrons. The molecule has 0 spiro atoms. The van der Waals surface area contributed by atoms with Crippen LogP contribution >= 0.6 is 0 Å². The lowest BCUT2D eigenvalue weighted by Crippen LogP contribution is -2.05. The molecule has 0 aliphatic carbocycles. The molecule has 2 aromatic heterocycles. The predicted molar refractivity (Wildman–Crippen MR) is 183 cm³/mol. The van der Waals surface area contributed by atoms with E-state index in [-0.39, 0.29) is 23.0 Å². The lowest BCUT2D eigenvalue weighted by atomic mass is 10.1. The standard InChI is InChI=1S/2C18H16N2O5/c2*1-23-13-8-10(9-14(24-2)16(13)25-3)17-19-12-7-5-4-6-11(12)15(20-17)18(21)22/h2*4-9H,1-3H3,(H,21,22). The molecule has 4 aromatic carbocycles. The van der Waals surface area contributed by atoms with Crippen molar-refractivity contribution in [1.29, 1.82) is 0 Å². The summed E-state index contributed by atoms with van der Waals surface area (Å²) in [5, 5.41) is 19.9. The summed E-state index contributed by atoms with van der Waals surface area (Å²) < 4.78 is 31.9. The van der Waals surface area contributed by atoms with Crippen molar-refractivity contribution in [3.63, 3.8) is 0 Å². The van der Waals surface area contributed by atoms with Crippen LogP contribution in [0, 0.1) is 0 Å². The van der Waals surface area contributed by atoms with Crippen LogP contribution < -0.4 is 28.4 Å². The van der Waals surface area contributed by atoms with Gasteiger partial charge in [0.25, 0.3) is 0 Å². The number of rotatable bonds is 10. The first-order valence-electron chi connectivity index (χ1n) is 14.8. The first-order chi connectivity index (χ1) is 24.2. The number of carboxylic acids is 2. The second-order valence-electron chi connectivity index (χ2n) is 10.3. The first-order valence-corrected chi connectivity index (χ1v) is 14.8. The number of carbonyl (C=O) groups is 2. The lowest BCUT2D eigenvalue weighted by Gasteiger charge is -2.14. The van der Waals surface area contributed by atoms with Crippen LogP contribution in [0.4, 0.5) is 0 Å². The summed E-state index contributed by atoms with van der Waals surface area (Å²) in [5.41, 5.74) is 2.08. The molecule has 50 heavy (non-hydrogen) atoms. The molecule has 2 N–H and O–H groups in total. The molecule has 0 atom stereocenters. The summed E-state index contributed by atoms with van der Waals surface area (Å²) in [4.78, 5) is 40.5. The predicted octanol–water partition coefficient (Wildman–Crippen LogP) is 6.04. The second-order valence-corrected chi connectivity index (χ2v) is 10.3. The zero-order valence-corrected chi connectivity index (χ0v) is 27.9. The Bertz CT molecular complexity index is 2020. The van der Waals surface area contributed by atoms with Crippen LogP contribution in [0.25, 0.3) is 44.6 Å². The smallest absolute Gasteiger partial charge is 0.355 e. The van der Waals surface area contributed by atoms with Gasteiger partial charge in [0.1, 0.15) is 0 Å². The Morgan fingerprint density at radius 3 is 1.08 bits per heavy atom. The molecule has 0 unspecified atom stereocenters. The van der Waals surface area contributed by atoms with E-state index in [4.69, 9.17) is 28.4 Å². The summed E-state index contributed by atoms with van der Waals surface area (Å²) in [6.45, 7) is 0. The van der Waals surface area contributed by atoms with Gasteiger partial charge in [0.2, 0.25) is 11.5 Å². The van der Waals surface area contributed by atoms with Crippen molar-refractivity contribution in [2.24, 2.45) is 0 Å². The highest BCUT2D eigenvalue weighted by Crippen LogP contribution is 2.42. The number of aromatic carboxylic acids is 2. The van der Waals surface area contributed by atoms with Gasteiger partial charge in [0.05, 0.1) is 53.7 Å². The SMILES string of the molecule is COc1cc(-c2nc(C(=O)O)c3ccccc3n2)cc(OC)c1OC.COc1cc(-c2nc(C(=O)O)c3ccccc3n2)cc(OC)c1OC. The molecule has 14 heteroatoms. The van der Waals surface area contributed by atoms with Gasteiger partial charge in [-0.25, -0.2) is 29.5 Å². The van der Waals surface area contributed by atoms with Crippen LogP contribution in [0.2, 0.25) is 0 Å². The fourth-order valence-electron chi connectivity index (χ4n) is 5.16. The Balaban J connectivity index is 0.000000194. The van der Waals surface area contributed by atoms with Gasteiger partial charge in [0, 0.05) is 21.9 Å². The van der Waals surface area contributed by atoms with Crippen molar-refractivity contribution in [1.82, 2.24) is 19.9 Å². The number of para-hydroxylation sites is 2. The number of fused-ring (bicyclic) bond motifs is 2. The third kappa shape index (κ3) is 6.80. The maximum absolute atomic E-state index is 11.6. The summed E-state index contributed by atoms with van der Waals surface area (Å²) in [6, 6.07) is 20.6. The van der Waals surface area contributed by atoms with Gasteiger partial charge in [0.15, 0.2) is 46.0 Å². The van der Waals surface area contributed by atoms with E-state index in [0.29, 0.717) is 67.4 Å². The fraction of sp³-hybridized carbons (Fsp3) is 0.167. The third-order valence-corrected chi connectivity index (χ3v) is 7.46. The van der Waals surface area contributed by atoms with Crippen LogP contribution in [0.3, 0.4) is 0 Å². The molecule has 0 bridgehead atoms. The van der Waals surface area contributed by atoms with Crippen molar-refractivity contribution in [2.75, 3.05) is 42.7 Å². The average Bonchev–Trinajstić information content (AvgIpc) is 3.15. The number of ether oxygens (including phenoxy) is 6. The zero-order chi connectivity index (χ0) is 35.9. The highest BCUT2D eigenvalue weighted by Gasteiger charge is 2.20. The highest BCUT2D eigenvalue weighted by atomic mass is 16.5. The fourth-order valence-corrected chi connectivity index (χ4v) is 5.16. The molecule has 0 saturated heterocycles. The van der Waals surface area contributed by atoms with E-state index in [2.05, 4.69) is 19.9 Å². The Labute approximate surface area is 285 Å². The summed E-state index contributed by atoms with van der Waals surface area (Å²) in [5.74, 6) is 0.901. The molecular weight excluding hydrogens is 648 g/mol. The number of hydrogen-bond acceptors (Lipinski definition) is 12. The Morgan fingerprint density at radius 2 is 0.800 bits per heavy atom. The highest BCUT2D eigenvalue weighted by molar-refractivity contribution is 6.02. The number of carboxylic acid groups (broad SMARTS) is 2. The van der Waals surface area contributed by atoms with Crippen LogP contribution in [0.5, 0.6) is 34.5 Å². The Hall–Kier alpha value is -6.70. The minimum atomic E-state index is -1.12. The largest absolute Gasteiger partial charge is 0.493 e. The van der Waals surface area contributed by atoms with E-state index in [1.807, 2.05) is 0 Å². The van der Waals surface area contributed by atoms with Crippen LogP contribution in [0.15, 0.2) is 72.8 Å². The summed E-state index contributed by atoms with van der Waals surface area (Å²) in [6.07, 6.45) is 0. The van der Waals surface area contributed by atoms with Crippen LogP contribution in [-0.4, -0.2) is 84.7 Å². The number of nitrogens with zero attached hydrogens (tertiary/aromatic N) is 4. The van der Waals surface area contributed by atoms with E-state index in [9.17, 15) is 19.8 Å². The molecule has 0 aliphatic heterocycles. The summed E-state index contributed by atoms with van der Waals surface area (Å²) in [7, 11) is 9.04. The normalized spacial score (nSPS) is 10.5. The van der Waals surface area contributed by atoms with Gasteiger partial charge in [-0.15, -0.1) is 0 Å². The van der Waals surface area contributed by atoms with Crippen molar-refractivity contribution in [3.8, 4) is 57.3 Å². The molecule has 6 rings (SSSR count). The van der Waals surface area contributed by atoms with Gasteiger partial charge in [-0.05, 0) is 36.4 Å². The maximum atomic E-state index is 11.6. The number of aromatic nitrogens is 4. The summed E-state index contributed by atoms with van der Waals surface area (Å²) >= 11 is 0. The minimum absolute atomic E-state index is 0.0608. The van der Waals surface area contributed by atoms with Gasteiger partial charge in [-0.3, -0.25) is 0 Å². The molecule has 0 fully saturated rings. The number of benzene rings is 4. The number of methoxy groups -OCH3 is 6. The van der Waals surface area contributed by atoms with E-state index in [1.165, 1.54) is 42.7 Å². The minimum Gasteiger partial charge on any atom is -0.493 e. The average molecular weight is 681 g/mol. The van der Waals surface area contributed by atoms with E-state index >= 15 is 0 Å². The molecule has 0 amide bonds. The monoisotopic (exact) mass is 680 g/mol. The molecule has 2 heterocycles. The van der Waals surface area contributed by atoms with Gasteiger partial charge >= 0.3 is 11.9 Å². The molecule has 0 saturated carbocycles. The molecule has 14 nitrogen and oxygen atoms in total. The van der Waals surface area contributed by atoms with Crippen molar-refractivity contribution in [3.05, 3.63) is 84.2 Å². The van der Waals surface area contributed by atoms with Crippen molar-refractivity contribution in [2.45, 2.75) is 0 Å². The quantitative estimate of drug-likeness (QED) is 0.171. The molecule has 0 aliphatic rings. The maximum Gasteiger partial charge on any atom is 0.355 e. The Morgan fingerprint density at radius 1 is 0.480 bits per heavy atom. The van der Waals surface area contributed by atoms with E-state index < -0.39 is 11.9 Å². The van der Waals surface area contributed by atoms with Gasteiger partial charge in [-0.2, -0.15) is 0 Å². The van der Waals surface area contributed by atoms with E-state index in [0.717, 1.165) is 0 Å². The topological polar surface area (TPSA) is 182 Å². The van der Waals surface area contributed by atoms with Crippen LogP contribution in [-0.2, 0) is 0 Å².